The molecular weight excluding hydrogens is 406 g/mol. The van der Waals surface area contributed by atoms with Gasteiger partial charge in [-0.3, -0.25) is 10.4 Å². The third kappa shape index (κ3) is 4.66. The van der Waals surface area contributed by atoms with Gasteiger partial charge in [0, 0.05) is 26.2 Å². The molecule has 9 heteroatoms. The van der Waals surface area contributed by atoms with E-state index in [9.17, 15) is 4.79 Å². The molecular formula is C23H27N7O2. The Hall–Kier alpha value is -4.01. The first-order valence-electron chi connectivity index (χ1n) is 10.6. The van der Waals surface area contributed by atoms with E-state index in [1.54, 1.807) is 11.8 Å². The van der Waals surface area contributed by atoms with Gasteiger partial charge in [-0.05, 0) is 31.2 Å². The Kier molecular flexibility index (Phi) is 6.54. The molecule has 1 aliphatic rings. The SMILES string of the molecule is CCOC(=O)N1CCN(c2ncnc(NN(c3ccccc3)c3ccccc3)c2N)CC1. The van der Waals surface area contributed by atoms with Crippen LogP contribution in [0.1, 0.15) is 6.92 Å². The van der Waals surface area contributed by atoms with Gasteiger partial charge in [0.05, 0.1) is 18.0 Å². The van der Waals surface area contributed by atoms with Crippen LogP contribution in [0.3, 0.4) is 0 Å². The van der Waals surface area contributed by atoms with Crippen molar-refractivity contribution >= 4 is 34.8 Å². The lowest BCUT2D eigenvalue weighted by atomic mass is 10.2. The quantitative estimate of drug-likeness (QED) is 0.570. The number of rotatable bonds is 6. The topological polar surface area (TPSA) is 99.8 Å². The van der Waals surface area contributed by atoms with E-state index in [-0.39, 0.29) is 6.09 Å². The second kappa shape index (κ2) is 9.86. The van der Waals surface area contributed by atoms with E-state index in [1.165, 1.54) is 6.33 Å². The van der Waals surface area contributed by atoms with Gasteiger partial charge in [-0.25, -0.2) is 14.8 Å². The number of aromatic nitrogens is 2. The van der Waals surface area contributed by atoms with Crippen LogP contribution in [0.25, 0.3) is 0 Å². The number of anilines is 5. The summed E-state index contributed by atoms with van der Waals surface area (Å²) in [7, 11) is 0. The smallest absolute Gasteiger partial charge is 0.409 e. The Bertz CT molecular complexity index is 986. The number of nitrogen functional groups attached to an aromatic ring is 1. The Labute approximate surface area is 187 Å². The normalized spacial score (nSPS) is 13.5. The highest BCUT2D eigenvalue weighted by Gasteiger charge is 2.25. The van der Waals surface area contributed by atoms with Crippen LogP contribution in [0.15, 0.2) is 67.0 Å². The number of nitrogens with one attached hydrogen (secondary N) is 1. The first-order chi connectivity index (χ1) is 15.7. The standard InChI is InChI=1S/C23H27N7O2/c1-2-32-23(31)29-15-13-28(14-16-29)22-20(24)21(25-17-26-22)27-30(18-9-5-3-6-10-18)19-11-7-4-8-12-19/h3-12,17H,2,13-16,24H2,1H3,(H,25,26,27). The van der Waals surface area contributed by atoms with Gasteiger partial charge in [0.2, 0.25) is 0 Å². The predicted octanol–water partition coefficient (Wildman–Crippen LogP) is 3.50. The predicted molar refractivity (Wildman–Crippen MR) is 126 cm³/mol. The summed E-state index contributed by atoms with van der Waals surface area (Å²) < 4.78 is 5.10. The highest BCUT2D eigenvalue weighted by Crippen LogP contribution is 2.31. The fraction of sp³-hybridized carbons (Fsp3) is 0.261. The summed E-state index contributed by atoms with van der Waals surface area (Å²) in [6, 6.07) is 19.9. The molecule has 9 nitrogen and oxygen atoms in total. The van der Waals surface area contributed by atoms with Crippen molar-refractivity contribution in [2.24, 2.45) is 0 Å². The maximum atomic E-state index is 12.0. The molecule has 1 saturated heterocycles. The van der Waals surface area contributed by atoms with Gasteiger partial charge < -0.3 is 20.3 Å². The fourth-order valence-corrected chi connectivity index (χ4v) is 3.58. The number of benzene rings is 2. The maximum Gasteiger partial charge on any atom is 0.409 e. The van der Waals surface area contributed by atoms with Gasteiger partial charge in [-0.15, -0.1) is 0 Å². The van der Waals surface area contributed by atoms with Gasteiger partial charge in [0.1, 0.15) is 12.0 Å². The number of hydrogen-bond acceptors (Lipinski definition) is 8. The number of piperazine rings is 1. The third-order valence-electron chi connectivity index (χ3n) is 5.21. The summed E-state index contributed by atoms with van der Waals surface area (Å²) in [5, 5.41) is 1.93. The average Bonchev–Trinajstić information content (AvgIpc) is 2.85. The second-order valence-electron chi connectivity index (χ2n) is 7.25. The van der Waals surface area contributed by atoms with Gasteiger partial charge in [0.15, 0.2) is 11.6 Å². The van der Waals surface area contributed by atoms with Crippen molar-refractivity contribution in [1.29, 1.82) is 0 Å². The summed E-state index contributed by atoms with van der Waals surface area (Å²) >= 11 is 0. The van der Waals surface area contributed by atoms with Gasteiger partial charge >= 0.3 is 6.09 Å². The van der Waals surface area contributed by atoms with Crippen molar-refractivity contribution in [2.75, 3.05) is 53.9 Å². The Morgan fingerprint density at radius 3 is 2.16 bits per heavy atom. The number of nitrogens with two attached hydrogens (primary N) is 1. The lowest BCUT2D eigenvalue weighted by Crippen LogP contribution is -2.49. The molecule has 32 heavy (non-hydrogen) atoms. The summed E-state index contributed by atoms with van der Waals surface area (Å²) in [5.41, 5.74) is 12.2. The molecule has 0 radical (unpaired) electrons. The Morgan fingerprint density at radius 1 is 1.00 bits per heavy atom. The minimum Gasteiger partial charge on any atom is -0.450 e. The number of nitrogens with zero attached hydrogens (tertiary/aromatic N) is 5. The van der Waals surface area contributed by atoms with Crippen LogP contribution in [-0.4, -0.2) is 53.7 Å². The van der Waals surface area contributed by atoms with Crippen LogP contribution in [-0.2, 0) is 4.74 Å². The lowest BCUT2D eigenvalue weighted by Gasteiger charge is -2.35. The summed E-state index contributed by atoms with van der Waals surface area (Å²) in [5.74, 6) is 1.16. The van der Waals surface area contributed by atoms with E-state index in [0.29, 0.717) is 50.1 Å². The number of amides is 1. The molecule has 0 bridgehead atoms. The van der Waals surface area contributed by atoms with Crippen LogP contribution in [0.2, 0.25) is 0 Å². The molecule has 0 spiro atoms. The summed E-state index contributed by atoms with van der Waals surface area (Å²) in [6.07, 6.45) is 1.21. The maximum absolute atomic E-state index is 12.0. The first kappa shape index (κ1) is 21.2. The van der Waals surface area contributed by atoms with Gasteiger partial charge in [-0.2, -0.15) is 0 Å². The molecule has 1 amide bonds. The molecule has 2 aromatic carbocycles. The first-order valence-corrected chi connectivity index (χ1v) is 10.6. The largest absolute Gasteiger partial charge is 0.450 e. The van der Waals surface area contributed by atoms with Gasteiger partial charge in [-0.1, -0.05) is 36.4 Å². The summed E-state index contributed by atoms with van der Waals surface area (Å²) in [4.78, 5) is 24.5. The van der Waals surface area contributed by atoms with Crippen molar-refractivity contribution in [3.05, 3.63) is 67.0 Å². The highest BCUT2D eigenvalue weighted by molar-refractivity contribution is 5.78. The number of hydrogen-bond donors (Lipinski definition) is 2. The molecule has 1 aromatic heterocycles. The minimum atomic E-state index is -0.286. The van der Waals surface area contributed by atoms with Crippen molar-refractivity contribution in [2.45, 2.75) is 6.92 Å². The van der Waals surface area contributed by atoms with Crippen molar-refractivity contribution < 1.29 is 9.53 Å². The molecule has 4 rings (SSSR count). The average molecular weight is 434 g/mol. The zero-order valence-corrected chi connectivity index (χ0v) is 18.0. The zero-order chi connectivity index (χ0) is 22.3. The van der Waals surface area contributed by atoms with Gasteiger partial charge in [0.25, 0.3) is 0 Å². The number of carbonyl (C=O) groups excluding carboxylic acids is 1. The lowest BCUT2D eigenvalue weighted by molar-refractivity contribution is 0.105. The van der Waals surface area contributed by atoms with E-state index < -0.39 is 0 Å². The molecule has 1 aliphatic heterocycles. The molecule has 0 saturated carbocycles. The third-order valence-corrected chi connectivity index (χ3v) is 5.21. The molecule has 1 fully saturated rings. The van der Waals surface area contributed by atoms with Crippen molar-refractivity contribution in [3.63, 3.8) is 0 Å². The van der Waals surface area contributed by atoms with E-state index in [4.69, 9.17) is 10.5 Å². The number of carbonyl (C=O) groups is 1. The van der Waals surface area contributed by atoms with E-state index >= 15 is 0 Å². The molecule has 0 unspecified atom stereocenters. The van der Waals surface area contributed by atoms with Crippen LogP contribution >= 0.6 is 0 Å². The zero-order valence-electron chi connectivity index (χ0n) is 18.0. The number of hydrazine groups is 1. The molecule has 0 aliphatic carbocycles. The molecule has 2 heterocycles. The fourth-order valence-electron chi connectivity index (χ4n) is 3.58. The molecule has 3 aromatic rings. The minimum absolute atomic E-state index is 0.286. The highest BCUT2D eigenvalue weighted by atomic mass is 16.6. The Morgan fingerprint density at radius 2 is 1.59 bits per heavy atom. The number of para-hydroxylation sites is 2. The summed E-state index contributed by atoms with van der Waals surface area (Å²) in [6.45, 7) is 4.49. The number of ether oxygens (including phenoxy) is 1. The monoisotopic (exact) mass is 433 g/mol. The van der Waals surface area contributed by atoms with E-state index in [2.05, 4.69) is 20.3 Å². The van der Waals surface area contributed by atoms with E-state index in [1.807, 2.05) is 65.7 Å². The van der Waals surface area contributed by atoms with Crippen LogP contribution in [0, 0.1) is 0 Å². The van der Waals surface area contributed by atoms with E-state index in [0.717, 1.165) is 11.4 Å². The van der Waals surface area contributed by atoms with Crippen LogP contribution in [0.5, 0.6) is 0 Å². The molecule has 3 N–H and O–H groups in total. The van der Waals surface area contributed by atoms with Crippen LogP contribution in [0.4, 0.5) is 33.5 Å². The van der Waals surface area contributed by atoms with Crippen molar-refractivity contribution in [3.8, 4) is 0 Å². The molecule has 166 valence electrons. The molecule has 0 atom stereocenters. The Balaban J connectivity index is 1.55. The van der Waals surface area contributed by atoms with Crippen molar-refractivity contribution in [1.82, 2.24) is 14.9 Å². The second-order valence-corrected chi connectivity index (χ2v) is 7.25. The van der Waals surface area contributed by atoms with Crippen LogP contribution < -0.4 is 21.1 Å².